The van der Waals surface area contributed by atoms with Crippen LogP contribution in [0.5, 0.6) is 0 Å². The quantitative estimate of drug-likeness (QED) is 0.646. The molecule has 19 heavy (non-hydrogen) atoms. The van der Waals surface area contributed by atoms with Crippen molar-refractivity contribution in [1.29, 1.82) is 0 Å². The molecule has 2 rings (SSSR count). The molecule has 0 aliphatic rings. The van der Waals surface area contributed by atoms with Gasteiger partial charge in [-0.1, -0.05) is 42.8 Å². The van der Waals surface area contributed by atoms with Crippen molar-refractivity contribution in [3.63, 3.8) is 0 Å². The normalized spacial score (nSPS) is 12.6. The molecule has 102 valence electrons. The number of thiophene rings is 1. The molecule has 1 unspecified atom stereocenters. The number of benzene rings is 1. The maximum atomic E-state index is 6.31. The maximum Gasteiger partial charge on any atom is 0.0608 e. The lowest BCUT2D eigenvalue weighted by Gasteiger charge is -2.15. The minimum Gasteiger partial charge on any atom is -0.271 e. The van der Waals surface area contributed by atoms with Gasteiger partial charge in [-0.25, -0.2) is 0 Å². The molecule has 4 heteroatoms. The van der Waals surface area contributed by atoms with Crippen molar-refractivity contribution in [2.24, 2.45) is 5.84 Å². The number of hydrogen-bond acceptors (Lipinski definition) is 3. The van der Waals surface area contributed by atoms with Gasteiger partial charge in [0.25, 0.3) is 0 Å². The highest BCUT2D eigenvalue weighted by molar-refractivity contribution is 7.10. The standard InChI is InChI=1S/C15H19ClN2S/c1-3-11-4-6-12(7-5-11)8-13(18-17)15-14(16)10(2)9-19-15/h4-7,9,13,18H,3,8,17H2,1-2H3. The third-order valence-electron chi connectivity index (χ3n) is 3.31. The molecule has 0 fully saturated rings. The number of halogens is 1. The third kappa shape index (κ3) is 3.37. The smallest absolute Gasteiger partial charge is 0.0608 e. The lowest BCUT2D eigenvalue weighted by atomic mass is 10.0. The van der Waals surface area contributed by atoms with Gasteiger partial charge in [-0.15, -0.1) is 11.3 Å². The second-order valence-electron chi connectivity index (χ2n) is 4.69. The van der Waals surface area contributed by atoms with Crippen LogP contribution < -0.4 is 11.3 Å². The lowest BCUT2D eigenvalue weighted by Crippen LogP contribution is -2.29. The van der Waals surface area contributed by atoms with Crippen molar-refractivity contribution in [3.8, 4) is 0 Å². The van der Waals surface area contributed by atoms with Gasteiger partial charge >= 0.3 is 0 Å². The number of hydrogen-bond donors (Lipinski definition) is 2. The van der Waals surface area contributed by atoms with Gasteiger partial charge in [-0.2, -0.15) is 0 Å². The predicted molar refractivity (Wildman–Crippen MR) is 83.7 cm³/mol. The summed E-state index contributed by atoms with van der Waals surface area (Å²) >= 11 is 7.97. The number of hydrazine groups is 1. The minimum atomic E-state index is 0.0682. The van der Waals surface area contributed by atoms with Gasteiger partial charge in [0.05, 0.1) is 11.1 Å². The molecule has 0 amide bonds. The molecule has 1 heterocycles. The number of nitrogens with one attached hydrogen (secondary N) is 1. The molecule has 0 saturated carbocycles. The van der Waals surface area contributed by atoms with E-state index in [1.54, 1.807) is 11.3 Å². The van der Waals surface area contributed by atoms with Gasteiger partial charge in [0.15, 0.2) is 0 Å². The van der Waals surface area contributed by atoms with Crippen LogP contribution in [0.15, 0.2) is 29.6 Å². The Balaban J connectivity index is 2.16. The SMILES string of the molecule is CCc1ccc(CC(NN)c2scc(C)c2Cl)cc1. The third-order valence-corrected chi connectivity index (χ3v) is 5.14. The van der Waals surface area contributed by atoms with Crippen LogP contribution in [0, 0.1) is 6.92 Å². The van der Waals surface area contributed by atoms with Crippen LogP contribution in [0.3, 0.4) is 0 Å². The molecule has 0 radical (unpaired) electrons. The molecular weight excluding hydrogens is 276 g/mol. The van der Waals surface area contributed by atoms with E-state index in [1.165, 1.54) is 11.1 Å². The van der Waals surface area contributed by atoms with Crippen LogP contribution in [-0.4, -0.2) is 0 Å². The monoisotopic (exact) mass is 294 g/mol. The topological polar surface area (TPSA) is 38.0 Å². The summed E-state index contributed by atoms with van der Waals surface area (Å²) in [5.74, 6) is 5.68. The van der Waals surface area contributed by atoms with E-state index in [0.29, 0.717) is 0 Å². The molecule has 1 aromatic carbocycles. The van der Waals surface area contributed by atoms with E-state index in [9.17, 15) is 0 Å². The van der Waals surface area contributed by atoms with Crippen molar-refractivity contribution in [1.82, 2.24) is 5.43 Å². The van der Waals surface area contributed by atoms with Crippen LogP contribution in [0.2, 0.25) is 5.02 Å². The fourth-order valence-electron chi connectivity index (χ4n) is 2.06. The highest BCUT2D eigenvalue weighted by Gasteiger charge is 2.17. The Labute approximate surface area is 123 Å². The predicted octanol–water partition coefficient (Wildman–Crippen LogP) is 4.02. The molecule has 0 aliphatic carbocycles. The molecule has 0 aliphatic heterocycles. The van der Waals surface area contributed by atoms with E-state index >= 15 is 0 Å². The van der Waals surface area contributed by atoms with Gasteiger partial charge in [0, 0.05) is 4.88 Å². The zero-order valence-corrected chi connectivity index (χ0v) is 12.8. The second-order valence-corrected chi connectivity index (χ2v) is 5.98. The van der Waals surface area contributed by atoms with E-state index in [1.807, 2.05) is 6.92 Å². The molecule has 2 nitrogen and oxygen atoms in total. The van der Waals surface area contributed by atoms with Crippen LogP contribution >= 0.6 is 22.9 Å². The van der Waals surface area contributed by atoms with Crippen molar-refractivity contribution >= 4 is 22.9 Å². The Kier molecular flexibility index (Phi) is 4.99. The maximum absolute atomic E-state index is 6.31. The van der Waals surface area contributed by atoms with Gasteiger partial charge in [-0.05, 0) is 41.8 Å². The van der Waals surface area contributed by atoms with Gasteiger partial charge in [0.1, 0.15) is 0 Å². The minimum absolute atomic E-state index is 0.0682. The number of rotatable bonds is 5. The first-order valence-electron chi connectivity index (χ1n) is 6.43. The molecule has 1 aromatic heterocycles. The first-order valence-corrected chi connectivity index (χ1v) is 7.68. The first kappa shape index (κ1) is 14.5. The van der Waals surface area contributed by atoms with Crippen LogP contribution in [0.25, 0.3) is 0 Å². The van der Waals surface area contributed by atoms with Gasteiger partial charge < -0.3 is 0 Å². The molecular formula is C15H19ClN2S. The van der Waals surface area contributed by atoms with Gasteiger partial charge in [0.2, 0.25) is 0 Å². The summed E-state index contributed by atoms with van der Waals surface area (Å²) in [6.45, 7) is 4.18. The molecule has 3 N–H and O–H groups in total. The van der Waals surface area contributed by atoms with Crippen molar-refractivity contribution in [2.75, 3.05) is 0 Å². The summed E-state index contributed by atoms with van der Waals surface area (Å²) in [5.41, 5.74) is 6.61. The summed E-state index contributed by atoms with van der Waals surface area (Å²) in [5, 5.41) is 2.90. The lowest BCUT2D eigenvalue weighted by molar-refractivity contribution is 0.560. The first-order chi connectivity index (χ1) is 9.15. The molecule has 0 saturated heterocycles. The Bertz CT molecular complexity index is 534. The zero-order valence-electron chi connectivity index (χ0n) is 11.2. The average molecular weight is 295 g/mol. The highest BCUT2D eigenvalue weighted by atomic mass is 35.5. The fourth-order valence-corrected chi connectivity index (χ4v) is 3.45. The molecule has 0 bridgehead atoms. The van der Waals surface area contributed by atoms with Crippen molar-refractivity contribution in [3.05, 3.63) is 56.2 Å². The number of aryl methyl sites for hydroxylation is 2. The van der Waals surface area contributed by atoms with Gasteiger partial charge in [-0.3, -0.25) is 11.3 Å². The average Bonchev–Trinajstić information content (AvgIpc) is 2.77. The Morgan fingerprint density at radius 2 is 1.89 bits per heavy atom. The van der Waals surface area contributed by atoms with E-state index in [2.05, 4.69) is 42.0 Å². The van der Waals surface area contributed by atoms with E-state index in [0.717, 1.165) is 28.3 Å². The summed E-state index contributed by atoms with van der Waals surface area (Å²) in [7, 11) is 0. The Morgan fingerprint density at radius 1 is 1.26 bits per heavy atom. The summed E-state index contributed by atoms with van der Waals surface area (Å²) in [6, 6.07) is 8.74. The second kappa shape index (κ2) is 6.53. The van der Waals surface area contributed by atoms with E-state index < -0.39 is 0 Å². The molecule has 0 spiro atoms. The van der Waals surface area contributed by atoms with Crippen LogP contribution in [0.4, 0.5) is 0 Å². The summed E-state index contributed by atoms with van der Waals surface area (Å²) < 4.78 is 0. The van der Waals surface area contributed by atoms with E-state index in [4.69, 9.17) is 17.4 Å². The largest absolute Gasteiger partial charge is 0.271 e. The van der Waals surface area contributed by atoms with Crippen molar-refractivity contribution < 1.29 is 0 Å². The van der Waals surface area contributed by atoms with E-state index in [-0.39, 0.29) is 6.04 Å². The molecule has 1 atom stereocenters. The van der Waals surface area contributed by atoms with Crippen LogP contribution in [0.1, 0.15) is 34.5 Å². The fraction of sp³-hybridized carbons (Fsp3) is 0.333. The summed E-state index contributed by atoms with van der Waals surface area (Å²) in [4.78, 5) is 1.11. The van der Waals surface area contributed by atoms with Crippen LogP contribution in [-0.2, 0) is 12.8 Å². The molecule has 2 aromatic rings. The van der Waals surface area contributed by atoms with Crippen molar-refractivity contribution in [2.45, 2.75) is 32.7 Å². The zero-order chi connectivity index (χ0) is 13.8. The Morgan fingerprint density at radius 3 is 2.37 bits per heavy atom. The highest BCUT2D eigenvalue weighted by Crippen LogP contribution is 2.33. The number of nitrogens with two attached hydrogens (primary N) is 1. The Hall–Kier alpha value is -0.870. The summed E-state index contributed by atoms with van der Waals surface area (Å²) in [6.07, 6.45) is 1.91.